The molecular weight excluding hydrogens is 472 g/mol. The van der Waals surface area contributed by atoms with Gasteiger partial charge >= 0.3 is 0 Å². The summed E-state index contributed by atoms with van der Waals surface area (Å²) >= 11 is 0. The summed E-state index contributed by atoms with van der Waals surface area (Å²) in [6.45, 7) is 7.55. The van der Waals surface area contributed by atoms with Crippen LogP contribution in [0, 0.1) is 5.92 Å². The van der Waals surface area contributed by atoms with Crippen LogP contribution in [0.25, 0.3) is 27.4 Å². The van der Waals surface area contributed by atoms with Gasteiger partial charge in [0.15, 0.2) is 0 Å². The third-order valence-corrected chi connectivity index (χ3v) is 7.45. The van der Waals surface area contributed by atoms with Crippen molar-refractivity contribution in [3.05, 3.63) is 82.9 Å². The van der Waals surface area contributed by atoms with Crippen molar-refractivity contribution >= 4 is 27.6 Å². The van der Waals surface area contributed by atoms with Crippen LogP contribution in [-0.2, 0) is 4.79 Å². The Morgan fingerprint density at radius 3 is 2.37 bits per heavy atom. The SMILES string of the molecule is CCCCC(CC)C(=O)N(CCN(C)C)C(C)c1nc2ccccc2c(=O)n1-c1ccc2ccccc2c1. The molecule has 1 heterocycles. The van der Waals surface area contributed by atoms with Crippen LogP contribution in [0.3, 0.4) is 0 Å². The minimum absolute atomic E-state index is 0.0409. The van der Waals surface area contributed by atoms with Gasteiger partial charge in [0.05, 0.1) is 22.6 Å². The minimum atomic E-state index is -0.387. The van der Waals surface area contributed by atoms with Gasteiger partial charge in [-0.05, 0) is 68.9 Å². The van der Waals surface area contributed by atoms with Gasteiger partial charge in [-0.2, -0.15) is 0 Å². The van der Waals surface area contributed by atoms with Crippen molar-refractivity contribution in [3.63, 3.8) is 0 Å². The number of hydrogen-bond acceptors (Lipinski definition) is 4. The van der Waals surface area contributed by atoms with Gasteiger partial charge in [-0.3, -0.25) is 14.2 Å². The molecule has 4 rings (SSSR count). The number of nitrogens with zero attached hydrogens (tertiary/aromatic N) is 4. The third kappa shape index (κ3) is 5.81. The molecule has 0 bridgehead atoms. The van der Waals surface area contributed by atoms with Gasteiger partial charge in [0.2, 0.25) is 5.91 Å². The van der Waals surface area contributed by atoms with Crippen molar-refractivity contribution in [2.75, 3.05) is 27.2 Å². The number of aromatic nitrogens is 2. The van der Waals surface area contributed by atoms with Crippen LogP contribution in [0.4, 0.5) is 0 Å². The molecule has 38 heavy (non-hydrogen) atoms. The molecule has 1 amide bonds. The summed E-state index contributed by atoms with van der Waals surface area (Å²) < 4.78 is 1.71. The number of para-hydroxylation sites is 1. The van der Waals surface area contributed by atoms with Gasteiger partial charge in [0.25, 0.3) is 5.56 Å². The molecule has 6 nitrogen and oxygen atoms in total. The molecule has 0 N–H and O–H groups in total. The molecule has 0 radical (unpaired) electrons. The highest BCUT2D eigenvalue weighted by Gasteiger charge is 2.30. The molecule has 0 fully saturated rings. The summed E-state index contributed by atoms with van der Waals surface area (Å²) in [6, 6.07) is 21.2. The lowest BCUT2D eigenvalue weighted by Gasteiger charge is -2.34. The second kappa shape index (κ2) is 12.4. The van der Waals surface area contributed by atoms with Crippen LogP contribution in [0.2, 0.25) is 0 Å². The molecule has 6 heteroatoms. The van der Waals surface area contributed by atoms with Crippen molar-refractivity contribution in [1.82, 2.24) is 19.4 Å². The molecule has 0 saturated heterocycles. The molecule has 200 valence electrons. The number of amides is 1. The number of carbonyl (C=O) groups excluding carboxylic acids is 1. The largest absolute Gasteiger partial charge is 0.331 e. The Morgan fingerprint density at radius 1 is 0.947 bits per heavy atom. The Bertz CT molecular complexity index is 1460. The first-order valence-electron chi connectivity index (χ1n) is 13.8. The first-order valence-corrected chi connectivity index (χ1v) is 13.8. The highest BCUT2D eigenvalue weighted by molar-refractivity contribution is 5.85. The molecule has 4 aromatic rings. The fourth-order valence-electron chi connectivity index (χ4n) is 5.12. The van der Waals surface area contributed by atoms with Crippen molar-refractivity contribution < 1.29 is 4.79 Å². The maximum atomic E-state index is 14.0. The smallest absolute Gasteiger partial charge is 0.266 e. The van der Waals surface area contributed by atoms with E-state index >= 15 is 0 Å². The quantitative estimate of drug-likeness (QED) is 0.240. The molecule has 0 aliphatic carbocycles. The van der Waals surface area contributed by atoms with Crippen LogP contribution in [-0.4, -0.2) is 52.4 Å². The van der Waals surface area contributed by atoms with Crippen LogP contribution >= 0.6 is 0 Å². The number of likely N-dealkylation sites (N-methyl/N-ethyl adjacent to an activating group) is 1. The number of carbonyl (C=O) groups is 1. The van der Waals surface area contributed by atoms with E-state index in [4.69, 9.17) is 4.98 Å². The maximum Gasteiger partial charge on any atom is 0.266 e. The lowest BCUT2D eigenvalue weighted by molar-refractivity contribution is -0.138. The number of unbranched alkanes of at least 4 members (excludes halogenated alkanes) is 1. The normalized spacial score (nSPS) is 13.2. The molecule has 0 saturated carbocycles. The van der Waals surface area contributed by atoms with Gasteiger partial charge in [-0.25, -0.2) is 4.98 Å². The predicted molar refractivity (Wildman–Crippen MR) is 157 cm³/mol. The summed E-state index contributed by atoms with van der Waals surface area (Å²) in [6.07, 6.45) is 3.76. The summed E-state index contributed by atoms with van der Waals surface area (Å²) in [5.74, 6) is 0.685. The zero-order valence-corrected chi connectivity index (χ0v) is 23.4. The lowest BCUT2D eigenvalue weighted by atomic mass is 9.97. The molecule has 2 atom stereocenters. The second-order valence-electron chi connectivity index (χ2n) is 10.4. The fraction of sp³-hybridized carbons (Fsp3) is 0.406. The van der Waals surface area contributed by atoms with Gasteiger partial charge < -0.3 is 9.80 Å². The van der Waals surface area contributed by atoms with E-state index in [0.29, 0.717) is 23.3 Å². The van der Waals surface area contributed by atoms with Crippen molar-refractivity contribution in [2.24, 2.45) is 5.92 Å². The average Bonchev–Trinajstić information content (AvgIpc) is 2.93. The number of benzene rings is 3. The second-order valence-corrected chi connectivity index (χ2v) is 10.4. The van der Waals surface area contributed by atoms with Gasteiger partial charge in [-0.1, -0.05) is 69.2 Å². The lowest BCUT2D eigenvalue weighted by Crippen LogP contribution is -2.43. The third-order valence-electron chi connectivity index (χ3n) is 7.45. The minimum Gasteiger partial charge on any atom is -0.331 e. The average molecular weight is 513 g/mol. The number of fused-ring (bicyclic) bond motifs is 2. The maximum absolute atomic E-state index is 14.0. The molecule has 0 spiro atoms. The van der Waals surface area contributed by atoms with E-state index in [1.807, 2.05) is 86.6 Å². The summed E-state index contributed by atoms with van der Waals surface area (Å²) in [4.78, 5) is 37.0. The first-order chi connectivity index (χ1) is 18.3. The van der Waals surface area contributed by atoms with Gasteiger partial charge in [-0.15, -0.1) is 0 Å². The zero-order valence-electron chi connectivity index (χ0n) is 23.4. The topological polar surface area (TPSA) is 58.4 Å². The van der Waals surface area contributed by atoms with Crippen LogP contribution < -0.4 is 5.56 Å². The Kier molecular flexibility index (Phi) is 8.95. The molecule has 1 aromatic heterocycles. The van der Waals surface area contributed by atoms with Crippen molar-refractivity contribution in [1.29, 1.82) is 0 Å². The monoisotopic (exact) mass is 512 g/mol. The van der Waals surface area contributed by atoms with E-state index in [1.54, 1.807) is 4.57 Å². The Hall–Kier alpha value is -3.51. The van der Waals surface area contributed by atoms with E-state index < -0.39 is 0 Å². The zero-order chi connectivity index (χ0) is 27.2. The standard InChI is InChI=1S/C32H40N4O2/c1-6-8-13-24(7-2)31(37)35(21-20-34(4)5)23(3)30-33-29-17-12-11-16-28(29)32(38)36(30)27-19-18-25-14-9-10-15-26(25)22-27/h9-12,14-19,22-24H,6-8,13,20-21H2,1-5H3. The van der Waals surface area contributed by atoms with Gasteiger partial charge in [0, 0.05) is 19.0 Å². The van der Waals surface area contributed by atoms with E-state index in [1.165, 1.54) is 0 Å². The van der Waals surface area contributed by atoms with Crippen LogP contribution in [0.15, 0.2) is 71.5 Å². The Labute approximate surface area is 225 Å². The molecule has 0 aliphatic rings. The molecule has 3 aromatic carbocycles. The highest BCUT2D eigenvalue weighted by Crippen LogP contribution is 2.27. The molecular formula is C32H40N4O2. The van der Waals surface area contributed by atoms with Crippen LogP contribution in [0.1, 0.15) is 58.3 Å². The summed E-state index contributed by atoms with van der Waals surface area (Å²) in [5.41, 5.74) is 1.28. The van der Waals surface area contributed by atoms with Crippen molar-refractivity contribution in [3.8, 4) is 5.69 Å². The molecule has 2 unspecified atom stereocenters. The number of rotatable bonds is 11. The van der Waals surface area contributed by atoms with E-state index in [0.717, 1.165) is 48.7 Å². The Morgan fingerprint density at radius 2 is 1.66 bits per heavy atom. The van der Waals surface area contributed by atoms with Crippen LogP contribution in [0.5, 0.6) is 0 Å². The summed E-state index contributed by atoms with van der Waals surface area (Å²) in [7, 11) is 4.03. The van der Waals surface area contributed by atoms with E-state index in [-0.39, 0.29) is 23.4 Å². The first kappa shape index (κ1) is 27.5. The molecule has 0 aliphatic heterocycles. The Balaban J connectivity index is 1.89. The van der Waals surface area contributed by atoms with E-state index in [2.05, 4.69) is 24.8 Å². The summed E-state index contributed by atoms with van der Waals surface area (Å²) in [5, 5.41) is 2.73. The highest BCUT2D eigenvalue weighted by atomic mass is 16.2. The number of hydrogen-bond donors (Lipinski definition) is 0. The fourth-order valence-corrected chi connectivity index (χ4v) is 5.12. The van der Waals surface area contributed by atoms with Crippen molar-refractivity contribution in [2.45, 2.75) is 52.5 Å². The van der Waals surface area contributed by atoms with E-state index in [9.17, 15) is 9.59 Å². The predicted octanol–water partition coefficient (Wildman–Crippen LogP) is 6.21. The van der Waals surface area contributed by atoms with Gasteiger partial charge in [0.1, 0.15) is 5.82 Å².